The van der Waals surface area contributed by atoms with Crippen LogP contribution in [0.4, 0.5) is 40.8 Å². The first-order valence-electron chi connectivity index (χ1n) is 17.7. The number of sulfonamides is 1. The van der Waals surface area contributed by atoms with Gasteiger partial charge in [-0.3, -0.25) is 4.79 Å². The van der Waals surface area contributed by atoms with Gasteiger partial charge in [0.25, 0.3) is 0 Å². The van der Waals surface area contributed by atoms with Gasteiger partial charge in [-0.25, -0.2) is 35.2 Å². The zero-order valence-corrected chi connectivity index (χ0v) is 31.5. The average Bonchev–Trinajstić information content (AvgIpc) is 4.07. The van der Waals surface area contributed by atoms with Crippen molar-refractivity contribution in [3.05, 3.63) is 123 Å². The lowest BCUT2D eigenvalue weighted by molar-refractivity contribution is -0.137. The predicted molar refractivity (Wildman–Crippen MR) is 191 cm³/mol. The number of alkyl halides is 3. The first-order valence-corrected chi connectivity index (χ1v) is 19.2. The number of carboxylic acids is 1. The molecule has 2 aliphatic carbocycles. The molecular formula is C40H36F8N2O6S. The Morgan fingerprint density at radius 2 is 1.39 bits per heavy atom. The maximum atomic E-state index is 15.2. The molecule has 304 valence electrons. The Morgan fingerprint density at radius 1 is 0.772 bits per heavy atom. The summed E-state index contributed by atoms with van der Waals surface area (Å²) in [5.41, 5.74) is -0.0118. The van der Waals surface area contributed by atoms with E-state index in [4.69, 9.17) is 4.74 Å². The summed E-state index contributed by atoms with van der Waals surface area (Å²) in [4.78, 5) is 25.3. The zero-order chi connectivity index (χ0) is 41.8. The van der Waals surface area contributed by atoms with E-state index >= 15 is 8.78 Å². The van der Waals surface area contributed by atoms with Crippen LogP contribution in [0, 0.1) is 29.1 Å². The molecule has 0 bridgehead atoms. The second-order valence-electron chi connectivity index (χ2n) is 15.1. The van der Waals surface area contributed by atoms with Gasteiger partial charge in [0, 0.05) is 6.54 Å². The molecule has 4 aromatic carbocycles. The van der Waals surface area contributed by atoms with Crippen LogP contribution in [-0.4, -0.2) is 42.4 Å². The maximum absolute atomic E-state index is 15.2. The van der Waals surface area contributed by atoms with Crippen LogP contribution in [0.25, 0.3) is 0 Å². The van der Waals surface area contributed by atoms with E-state index in [0.29, 0.717) is 30.5 Å². The number of ether oxygens (including phenoxy) is 1. The highest BCUT2D eigenvalue weighted by Crippen LogP contribution is 2.43. The van der Waals surface area contributed by atoms with E-state index in [1.807, 2.05) is 39.0 Å². The molecule has 2 fully saturated rings. The molecule has 57 heavy (non-hydrogen) atoms. The predicted octanol–water partition coefficient (Wildman–Crippen LogP) is 9.24. The number of carbonyl (C=O) groups is 2. The van der Waals surface area contributed by atoms with Crippen molar-refractivity contribution in [2.24, 2.45) is 0 Å². The third-order valence-electron chi connectivity index (χ3n) is 9.58. The molecule has 0 unspecified atom stereocenters. The molecule has 0 atom stereocenters. The van der Waals surface area contributed by atoms with Crippen LogP contribution >= 0.6 is 0 Å². The number of halogens is 8. The lowest BCUT2D eigenvalue weighted by atomic mass is 9.84. The third kappa shape index (κ3) is 9.09. The largest absolute Gasteiger partial charge is 0.488 e. The van der Waals surface area contributed by atoms with Crippen molar-refractivity contribution in [1.82, 2.24) is 4.31 Å². The number of nitrogens with zero attached hydrogens (tertiary/aromatic N) is 2. The van der Waals surface area contributed by atoms with Crippen molar-refractivity contribution < 1.29 is 63.0 Å². The van der Waals surface area contributed by atoms with Crippen molar-refractivity contribution in [3.8, 4) is 5.75 Å². The Bertz CT molecular complexity index is 2330. The van der Waals surface area contributed by atoms with Gasteiger partial charge in [-0.1, -0.05) is 57.2 Å². The van der Waals surface area contributed by atoms with E-state index in [1.165, 1.54) is 6.07 Å². The summed E-state index contributed by atoms with van der Waals surface area (Å²) in [5, 5.41) is 9.74. The number of carbonyl (C=O) groups excluding carboxylic acids is 1. The fourth-order valence-electron chi connectivity index (χ4n) is 6.17. The fourth-order valence-corrected chi connectivity index (χ4v) is 7.66. The van der Waals surface area contributed by atoms with Gasteiger partial charge in [-0.2, -0.15) is 17.5 Å². The molecule has 17 heteroatoms. The first kappa shape index (κ1) is 41.6. The Balaban J connectivity index is 1.51. The lowest BCUT2D eigenvalue weighted by Crippen LogP contribution is -2.43. The molecule has 1 amide bonds. The topological polar surface area (TPSA) is 104 Å². The van der Waals surface area contributed by atoms with Crippen molar-refractivity contribution in [2.75, 3.05) is 11.4 Å². The summed E-state index contributed by atoms with van der Waals surface area (Å²) in [6, 6.07) is 12.3. The zero-order valence-electron chi connectivity index (χ0n) is 30.7. The summed E-state index contributed by atoms with van der Waals surface area (Å²) in [5.74, 6) is -15.7. The highest BCUT2D eigenvalue weighted by Gasteiger charge is 2.40. The van der Waals surface area contributed by atoms with Gasteiger partial charge in [-0.15, -0.1) is 0 Å². The average molecular weight is 825 g/mol. The van der Waals surface area contributed by atoms with Gasteiger partial charge < -0.3 is 14.7 Å². The van der Waals surface area contributed by atoms with Gasteiger partial charge in [0.15, 0.2) is 28.2 Å². The summed E-state index contributed by atoms with van der Waals surface area (Å²) in [6.45, 7) is 2.97. The Kier molecular flexibility index (Phi) is 11.2. The molecule has 0 spiro atoms. The van der Waals surface area contributed by atoms with Gasteiger partial charge >= 0.3 is 12.1 Å². The highest BCUT2D eigenvalue weighted by atomic mass is 32.2. The molecule has 0 aromatic heterocycles. The second kappa shape index (κ2) is 15.4. The minimum Gasteiger partial charge on any atom is -0.488 e. The second-order valence-corrected chi connectivity index (χ2v) is 17.0. The van der Waals surface area contributed by atoms with Gasteiger partial charge in [0.05, 0.1) is 36.0 Å². The Hall–Kier alpha value is -5.03. The number of carboxylic acid groups (broad SMARTS) is 1. The SMILES string of the molecule is CC(C)(C)c1cc(CN(C(=O)CN(Cc2cccc(C(F)(F)F)c2)S(=O)(=O)c2c(F)c(F)c(F)c(F)c2F)c2ccc(C(=O)O)cc2OC2CC2)cc(C2CC2)c1. The highest BCUT2D eigenvalue weighted by molar-refractivity contribution is 7.89. The van der Waals surface area contributed by atoms with Crippen molar-refractivity contribution >= 4 is 27.6 Å². The monoisotopic (exact) mass is 824 g/mol. The van der Waals surface area contributed by atoms with Crippen LogP contribution in [0.15, 0.2) is 65.6 Å². The number of amides is 1. The molecule has 8 nitrogen and oxygen atoms in total. The number of hydrogen-bond donors (Lipinski definition) is 1. The van der Waals surface area contributed by atoms with Gasteiger partial charge in [0.2, 0.25) is 21.7 Å². The molecule has 0 saturated heterocycles. The van der Waals surface area contributed by atoms with Crippen LogP contribution in [0.3, 0.4) is 0 Å². The minimum absolute atomic E-state index is 0.0182. The molecular weight excluding hydrogens is 788 g/mol. The van der Waals surface area contributed by atoms with E-state index in [0.717, 1.165) is 53.1 Å². The van der Waals surface area contributed by atoms with E-state index in [1.54, 1.807) is 0 Å². The maximum Gasteiger partial charge on any atom is 0.416 e. The van der Waals surface area contributed by atoms with Crippen LogP contribution in [-0.2, 0) is 39.5 Å². The third-order valence-corrected chi connectivity index (χ3v) is 11.4. The molecule has 2 saturated carbocycles. The summed E-state index contributed by atoms with van der Waals surface area (Å²) < 4.78 is 148. The van der Waals surface area contributed by atoms with Gasteiger partial charge in [-0.05, 0) is 83.5 Å². The lowest BCUT2D eigenvalue weighted by Gasteiger charge is -2.30. The molecule has 6 rings (SSSR count). The molecule has 4 aromatic rings. The molecule has 1 N–H and O–H groups in total. The molecule has 0 aliphatic heterocycles. The van der Waals surface area contributed by atoms with Crippen LogP contribution in [0.2, 0.25) is 0 Å². The van der Waals surface area contributed by atoms with E-state index in [9.17, 15) is 49.5 Å². The normalized spacial score (nSPS) is 14.9. The van der Waals surface area contributed by atoms with E-state index < -0.39 is 86.3 Å². The van der Waals surface area contributed by atoms with Gasteiger partial charge in [0.1, 0.15) is 5.75 Å². The summed E-state index contributed by atoms with van der Waals surface area (Å²) in [7, 11) is -5.93. The summed E-state index contributed by atoms with van der Waals surface area (Å²) >= 11 is 0. The van der Waals surface area contributed by atoms with E-state index in [2.05, 4.69) is 0 Å². The van der Waals surface area contributed by atoms with Crippen molar-refractivity contribution in [1.29, 1.82) is 0 Å². The van der Waals surface area contributed by atoms with Crippen LogP contribution in [0.5, 0.6) is 5.75 Å². The fraction of sp³-hybridized carbons (Fsp3) is 0.350. The Morgan fingerprint density at radius 3 is 1.95 bits per heavy atom. The van der Waals surface area contributed by atoms with Crippen LogP contribution in [0.1, 0.15) is 90.5 Å². The number of hydrogen-bond acceptors (Lipinski definition) is 5. The number of benzene rings is 4. The van der Waals surface area contributed by atoms with E-state index in [-0.39, 0.29) is 45.3 Å². The first-order chi connectivity index (χ1) is 26.6. The van der Waals surface area contributed by atoms with Crippen molar-refractivity contribution in [3.63, 3.8) is 0 Å². The molecule has 0 heterocycles. The van der Waals surface area contributed by atoms with Crippen LogP contribution < -0.4 is 9.64 Å². The quantitative estimate of drug-likeness (QED) is 0.0820. The number of aromatic carboxylic acids is 1. The standard InChI is InChI=1S/C40H36F8N2O6S/c1-39(2,3)27-15-22(13-25(16-27)23-7-8-23)19-50(29-12-9-24(38(52)53)17-30(29)56-28-10-11-28)31(51)20-49(18-21-5-4-6-26(14-21)40(46,47)48)57(54,55)37-35(44)33(42)32(41)34(43)36(37)45/h4-6,9,12-17,23,28H,7-8,10-11,18-20H2,1-3H3,(H,52,53). The Labute approximate surface area is 322 Å². The number of anilines is 1. The summed E-state index contributed by atoms with van der Waals surface area (Å²) in [6.07, 6.45) is -2.30. The molecule has 2 aliphatic rings. The number of rotatable bonds is 13. The smallest absolute Gasteiger partial charge is 0.416 e. The molecule has 0 radical (unpaired) electrons. The minimum atomic E-state index is -5.93. The van der Waals surface area contributed by atoms with Crippen molar-refractivity contribution in [2.45, 2.75) is 88.1 Å².